The summed E-state index contributed by atoms with van der Waals surface area (Å²) in [6, 6.07) is 19.0. The molecule has 0 aliphatic rings. The van der Waals surface area contributed by atoms with Crippen molar-refractivity contribution in [3.05, 3.63) is 77.4 Å². The van der Waals surface area contributed by atoms with Crippen molar-refractivity contribution in [3.8, 4) is 23.3 Å². The molecule has 0 aliphatic heterocycles. The lowest BCUT2D eigenvalue weighted by molar-refractivity contribution is 0.147. The van der Waals surface area contributed by atoms with Gasteiger partial charge < -0.3 is 14.6 Å². The summed E-state index contributed by atoms with van der Waals surface area (Å²) in [5.41, 5.74) is 0.488. The highest BCUT2D eigenvalue weighted by Gasteiger charge is 2.19. The smallest absolute Gasteiger partial charge is 0.267 e. The van der Waals surface area contributed by atoms with Crippen LogP contribution in [0.5, 0.6) is 17.2 Å². The van der Waals surface area contributed by atoms with Crippen molar-refractivity contribution in [2.45, 2.75) is 22.8 Å². The van der Waals surface area contributed by atoms with E-state index >= 15 is 0 Å². The van der Waals surface area contributed by atoms with Gasteiger partial charge in [-0.2, -0.15) is 5.26 Å². The highest BCUT2D eigenvalue weighted by Crippen LogP contribution is 2.42. The zero-order valence-corrected chi connectivity index (χ0v) is 16.2. The number of nitriles is 1. The number of rotatable bonds is 7. The number of phenols is 1. The second kappa shape index (κ2) is 9.30. The van der Waals surface area contributed by atoms with E-state index in [9.17, 15) is 13.9 Å². The summed E-state index contributed by atoms with van der Waals surface area (Å²) in [5.74, 6) is 0.465. The Labute approximate surface area is 171 Å². The van der Waals surface area contributed by atoms with E-state index in [4.69, 9.17) is 14.7 Å². The van der Waals surface area contributed by atoms with E-state index in [-0.39, 0.29) is 10.5 Å². The normalized spacial score (nSPS) is 10.6. The fourth-order valence-electron chi connectivity index (χ4n) is 2.63. The predicted octanol–water partition coefficient (Wildman–Crippen LogP) is 5.94. The molecule has 0 heterocycles. The van der Waals surface area contributed by atoms with E-state index in [0.717, 1.165) is 23.4 Å². The van der Waals surface area contributed by atoms with E-state index in [1.165, 1.54) is 13.2 Å². The number of halogens is 2. The van der Waals surface area contributed by atoms with E-state index in [0.29, 0.717) is 23.0 Å². The van der Waals surface area contributed by atoms with Gasteiger partial charge in [-0.1, -0.05) is 42.1 Å². The van der Waals surface area contributed by atoms with E-state index < -0.39 is 17.7 Å². The Morgan fingerprint density at radius 1 is 1.07 bits per heavy atom. The number of methoxy groups -OCH3 is 1. The molecule has 3 aromatic carbocycles. The first-order chi connectivity index (χ1) is 14.0. The molecule has 0 aliphatic carbocycles. The summed E-state index contributed by atoms with van der Waals surface area (Å²) in [5, 5.41) is 19.2. The van der Waals surface area contributed by atoms with Crippen LogP contribution in [0, 0.1) is 11.3 Å². The molecule has 0 amide bonds. The number of hydrogen-bond donors (Lipinski definition) is 1. The molecular formula is C22H17F2NO3S. The van der Waals surface area contributed by atoms with Gasteiger partial charge in [-0.25, -0.2) is 8.78 Å². The van der Waals surface area contributed by atoms with Gasteiger partial charge in [-0.05, 0) is 35.9 Å². The Balaban J connectivity index is 1.84. The highest BCUT2D eigenvalue weighted by molar-refractivity contribution is 7.99. The summed E-state index contributed by atoms with van der Waals surface area (Å²) in [4.78, 5) is 0.805. The average molecular weight is 413 g/mol. The maximum absolute atomic E-state index is 13.1. The van der Waals surface area contributed by atoms with Gasteiger partial charge >= 0.3 is 0 Å². The van der Waals surface area contributed by atoms with Crippen LogP contribution in [-0.2, 0) is 6.61 Å². The molecule has 0 atom stereocenters. The van der Waals surface area contributed by atoms with E-state index in [1.54, 1.807) is 18.2 Å². The monoisotopic (exact) mass is 413 g/mol. The first-order valence-electron chi connectivity index (χ1n) is 8.59. The van der Waals surface area contributed by atoms with E-state index in [1.807, 2.05) is 36.4 Å². The first kappa shape index (κ1) is 20.5. The molecule has 29 heavy (non-hydrogen) atoms. The fraction of sp³-hybridized carbons (Fsp3) is 0.136. The van der Waals surface area contributed by atoms with Crippen molar-refractivity contribution >= 4 is 11.8 Å². The van der Waals surface area contributed by atoms with Crippen LogP contribution in [0.4, 0.5) is 8.78 Å². The van der Waals surface area contributed by atoms with Crippen molar-refractivity contribution in [3.63, 3.8) is 0 Å². The number of phenolic OH excluding ortho intramolecular Hbond substituents is 1. The number of aromatic hydroxyl groups is 1. The van der Waals surface area contributed by atoms with Crippen LogP contribution < -0.4 is 9.47 Å². The van der Waals surface area contributed by atoms with Crippen LogP contribution in [0.2, 0.25) is 0 Å². The zero-order valence-electron chi connectivity index (χ0n) is 15.4. The first-order valence-corrected chi connectivity index (χ1v) is 9.41. The third-order valence-electron chi connectivity index (χ3n) is 4.07. The van der Waals surface area contributed by atoms with Gasteiger partial charge in [0.1, 0.15) is 12.4 Å². The topological polar surface area (TPSA) is 62.5 Å². The number of nitrogens with zero attached hydrogens (tertiary/aromatic N) is 1. The minimum absolute atomic E-state index is 0.0513. The fourth-order valence-corrected chi connectivity index (χ4v) is 3.59. The Kier molecular flexibility index (Phi) is 6.57. The SMILES string of the molecule is COc1cc(Sc2cc(C#N)cc(C(F)F)c2O)ccc1OCc1ccccc1. The third-order valence-corrected chi connectivity index (χ3v) is 5.09. The van der Waals surface area contributed by atoms with Gasteiger partial charge in [0.05, 0.1) is 29.2 Å². The molecule has 3 aromatic rings. The zero-order chi connectivity index (χ0) is 20.8. The maximum Gasteiger partial charge on any atom is 0.267 e. The largest absolute Gasteiger partial charge is 0.506 e. The van der Waals surface area contributed by atoms with Crippen molar-refractivity contribution in [1.29, 1.82) is 5.26 Å². The molecule has 4 nitrogen and oxygen atoms in total. The molecule has 0 spiro atoms. The Morgan fingerprint density at radius 2 is 1.83 bits per heavy atom. The van der Waals surface area contributed by atoms with E-state index in [2.05, 4.69) is 0 Å². The summed E-state index contributed by atoms with van der Waals surface area (Å²) < 4.78 is 37.5. The summed E-state index contributed by atoms with van der Waals surface area (Å²) in [7, 11) is 1.50. The standard InChI is InChI=1S/C22H17F2NO3S/c1-27-19-11-16(7-8-18(19)28-13-14-5-3-2-4-6-14)29-20-10-15(12-25)9-17(21(20)26)22(23)24/h2-11,22,26H,13H2,1H3. The third kappa shape index (κ3) is 4.98. The predicted molar refractivity (Wildman–Crippen MR) is 106 cm³/mol. The van der Waals surface area contributed by atoms with Crippen molar-refractivity contribution in [2.24, 2.45) is 0 Å². The molecule has 148 valence electrons. The molecule has 0 saturated heterocycles. The summed E-state index contributed by atoms with van der Waals surface area (Å²) in [6.45, 7) is 0.368. The van der Waals surface area contributed by atoms with Crippen LogP contribution in [-0.4, -0.2) is 12.2 Å². The summed E-state index contributed by atoms with van der Waals surface area (Å²) >= 11 is 1.06. The summed E-state index contributed by atoms with van der Waals surface area (Å²) in [6.07, 6.45) is -2.88. The molecule has 0 aromatic heterocycles. The van der Waals surface area contributed by atoms with Gasteiger partial charge in [-0.15, -0.1) is 0 Å². The minimum atomic E-state index is -2.88. The van der Waals surface area contributed by atoms with Crippen LogP contribution in [0.15, 0.2) is 70.5 Å². The van der Waals surface area contributed by atoms with Gasteiger partial charge in [0.15, 0.2) is 11.5 Å². The second-order valence-corrected chi connectivity index (χ2v) is 7.13. The molecule has 0 unspecified atom stereocenters. The molecule has 0 saturated carbocycles. The lowest BCUT2D eigenvalue weighted by atomic mass is 10.1. The second-order valence-electron chi connectivity index (χ2n) is 6.01. The van der Waals surface area contributed by atoms with Crippen LogP contribution >= 0.6 is 11.8 Å². The maximum atomic E-state index is 13.1. The molecular weight excluding hydrogens is 396 g/mol. The molecule has 0 radical (unpaired) electrons. The molecule has 7 heteroatoms. The van der Waals surface area contributed by atoms with Crippen LogP contribution in [0.25, 0.3) is 0 Å². The minimum Gasteiger partial charge on any atom is -0.506 e. The lowest BCUT2D eigenvalue weighted by Crippen LogP contribution is -1.97. The molecule has 0 bridgehead atoms. The van der Waals surface area contributed by atoms with Gasteiger partial charge in [0, 0.05) is 4.90 Å². The van der Waals surface area contributed by atoms with Crippen molar-refractivity contribution in [1.82, 2.24) is 0 Å². The molecule has 1 N–H and O–H groups in total. The van der Waals surface area contributed by atoms with Gasteiger partial charge in [0.25, 0.3) is 6.43 Å². The van der Waals surface area contributed by atoms with Crippen molar-refractivity contribution < 1.29 is 23.4 Å². The Hall–Kier alpha value is -3.24. The Morgan fingerprint density at radius 3 is 2.48 bits per heavy atom. The van der Waals surface area contributed by atoms with Gasteiger partial charge in [-0.3, -0.25) is 0 Å². The molecule has 0 fully saturated rings. The van der Waals surface area contributed by atoms with Crippen LogP contribution in [0.1, 0.15) is 23.1 Å². The number of ether oxygens (including phenoxy) is 2. The molecule has 3 rings (SSSR count). The Bertz CT molecular complexity index is 1040. The van der Waals surface area contributed by atoms with Crippen molar-refractivity contribution in [2.75, 3.05) is 7.11 Å². The van der Waals surface area contributed by atoms with Crippen LogP contribution in [0.3, 0.4) is 0 Å². The number of hydrogen-bond acceptors (Lipinski definition) is 5. The lowest BCUT2D eigenvalue weighted by Gasteiger charge is -2.13. The van der Waals surface area contributed by atoms with Gasteiger partial charge in [0.2, 0.25) is 0 Å². The number of benzene rings is 3. The highest BCUT2D eigenvalue weighted by atomic mass is 32.2. The average Bonchev–Trinajstić information content (AvgIpc) is 2.74. The number of alkyl halides is 2. The quantitative estimate of drug-likeness (QED) is 0.519.